The van der Waals surface area contributed by atoms with Crippen molar-refractivity contribution in [2.75, 3.05) is 18.5 Å². The van der Waals surface area contributed by atoms with Gasteiger partial charge in [-0.25, -0.2) is 9.55 Å². The first-order chi connectivity index (χ1) is 22.4. The average Bonchev–Trinajstić information content (AvgIpc) is 3.88. The Labute approximate surface area is 278 Å². The summed E-state index contributed by atoms with van der Waals surface area (Å²) in [5.74, 6) is 0.0210. The summed E-state index contributed by atoms with van der Waals surface area (Å²) in [7, 11) is 1.55. The highest BCUT2D eigenvalue weighted by Crippen LogP contribution is 2.36. The van der Waals surface area contributed by atoms with Crippen molar-refractivity contribution in [1.82, 2.24) is 19.8 Å². The molecule has 1 saturated carbocycles. The Morgan fingerprint density at radius 2 is 1.70 bits per heavy atom. The van der Waals surface area contributed by atoms with Crippen molar-refractivity contribution in [1.29, 1.82) is 0 Å². The predicted molar refractivity (Wildman–Crippen MR) is 176 cm³/mol. The van der Waals surface area contributed by atoms with Gasteiger partial charge in [0, 0.05) is 47.3 Å². The van der Waals surface area contributed by atoms with E-state index in [0.29, 0.717) is 47.5 Å². The average molecular weight is 709 g/mol. The highest BCUT2D eigenvalue weighted by Gasteiger charge is 2.37. The minimum absolute atomic E-state index is 0.0337. The third-order valence-corrected chi connectivity index (χ3v) is 9.36. The van der Waals surface area contributed by atoms with E-state index < -0.39 is 23.7 Å². The van der Waals surface area contributed by atoms with Gasteiger partial charge in [0.15, 0.2) is 0 Å². The number of amides is 2. The number of nitrogens with zero attached hydrogens (tertiary/aromatic N) is 4. The van der Waals surface area contributed by atoms with Gasteiger partial charge in [-0.1, -0.05) is 46.3 Å². The summed E-state index contributed by atoms with van der Waals surface area (Å²) in [5, 5.41) is 2.60. The van der Waals surface area contributed by atoms with Gasteiger partial charge < -0.3 is 15.1 Å². The van der Waals surface area contributed by atoms with Crippen molar-refractivity contribution < 1.29 is 22.8 Å². The minimum atomic E-state index is -4.64. The Morgan fingerprint density at radius 3 is 2.34 bits per heavy atom. The molecule has 2 amide bonds. The van der Waals surface area contributed by atoms with E-state index in [1.807, 2.05) is 30.3 Å². The summed E-state index contributed by atoms with van der Waals surface area (Å²) in [6.07, 6.45) is -2.34. The molecule has 0 bridgehead atoms. The quantitative estimate of drug-likeness (QED) is 0.230. The van der Waals surface area contributed by atoms with Crippen molar-refractivity contribution in [3.8, 4) is 5.69 Å². The summed E-state index contributed by atoms with van der Waals surface area (Å²) < 4.78 is 42.4. The Balaban J connectivity index is 1.45. The molecule has 1 aromatic heterocycles. The highest BCUT2D eigenvalue weighted by atomic mass is 79.9. The molecule has 0 spiro atoms. The number of anilines is 1. The fraction of sp³-hybridized carbons (Fsp3) is 0.314. The van der Waals surface area contributed by atoms with Crippen LogP contribution in [0.5, 0.6) is 0 Å². The first-order valence-corrected chi connectivity index (χ1v) is 16.2. The molecule has 3 aromatic carbocycles. The molecule has 244 valence electrons. The Bertz CT molecular complexity index is 1870. The number of alkyl halides is 3. The second kappa shape index (κ2) is 13.0. The molecular weight excluding hydrogens is 675 g/mol. The molecule has 1 unspecified atom stereocenters. The third-order valence-electron chi connectivity index (χ3n) is 8.67. The van der Waals surface area contributed by atoms with Gasteiger partial charge in [0.2, 0.25) is 5.95 Å². The van der Waals surface area contributed by atoms with Gasteiger partial charge in [0.1, 0.15) is 0 Å². The number of nitrogens with one attached hydrogen (secondary N) is 1. The second-order valence-corrected chi connectivity index (χ2v) is 12.9. The molecule has 1 atom stereocenters. The third kappa shape index (κ3) is 6.83. The van der Waals surface area contributed by atoms with Gasteiger partial charge in [0.25, 0.3) is 17.4 Å². The molecule has 1 aliphatic carbocycles. The molecule has 6 rings (SSSR count). The zero-order valence-electron chi connectivity index (χ0n) is 25.9. The Morgan fingerprint density at radius 1 is 1.02 bits per heavy atom. The summed E-state index contributed by atoms with van der Waals surface area (Å²) in [4.78, 5) is 49.0. The van der Waals surface area contributed by atoms with Gasteiger partial charge in [-0.2, -0.15) is 13.2 Å². The number of hydrogen-bond acceptors (Lipinski definition) is 5. The fourth-order valence-electron chi connectivity index (χ4n) is 5.94. The molecule has 0 saturated heterocycles. The lowest BCUT2D eigenvalue weighted by atomic mass is 9.98. The van der Waals surface area contributed by atoms with Crippen molar-refractivity contribution in [3.05, 3.63) is 121 Å². The van der Waals surface area contributed by atoms with Gasteiger partial charge >= 0.3 is 6.18 Å². The zero-order valence-corrected chi connectivity index (χ0v) is 27.4. The molecule has 2 aliphatic rings. The monoisotopic (exact) mass is 707 g/mol. The SMILES string of the molecule is CNC(=O)c1ccc(-n2c(N(Cc3ccccc3)CC3CC3)nc3c(c2=O)CC(C)N(C(=O)c2ccc(Br)c(C(F)(F)F)c2)C3)cc1. The maximum Gasteiger partial charge on any atom is 0.417 e. The maximum absolute atomic E-state index is 14.4. The van der Waals surface area contributed by atoms with Crippen LogP contribution < -0.4 is 15.8 Å². The van der Waals surface area contributed by atoms with Gasteiger partial charge in [-0.3, -0.25) is 14.4 Å². The number of carbonyl (C=O) groups excluding carboxylic acids is 2. The van der Waals surface area contributed by atoms with Crippen LogP contribution in [-0.2, 0) is 25.7 Å². The highest BCUT2D eigenvalue weighted by molar-refractivity contribution is 9.10. The van der Waals surface area contributed by atoms with Crippen LogP contribution in [0.2, 0.25) is 0 Å². The molecule has 12 heteroatoms. The normalized spacial score (nSPS) is 16.0. The lowest BCUT2D eigenvalue weighted by molar-refractivity contribution is -0.138. The van der Waals surface area contributed by atoms with Crippen LogP contribution in [0.15, 0.2) is 82.1 Å². The van der Waals surface area contributed by atoms with Gasteiger partial charge in [0.05, 0.1) is 23.5 Å². The van der Waals surface area contributed by atoms with E-state index in [1.165, 1.54) is 17.0 Å². The van der Waals surface area contributed by atoms with E-state index in [-0.39, 0.29) is 34.5 Å². The second-order valence-electron chi connectivity index (χ2n) is 12.1. The van der Waals surface area contributed by atoms with Crippen LogP contribution >= 0.6 is 15.9 Å². The van der Waals surface area contributed by atoms with Crippen LogP contribution in [0.25, 0.3) is 5.69 Å². The number of fused-ring (bicyclic) bond motifs is 1. The molecule has 1 fully saturated rings. The van der Waals surface area contributed by atoms with Crippen molar-refractivity contribution in [3.63, 3.8) is 0 Å². The lowest BCUT2D eigenvalue weighted by Crippen LogP contribution is -2.46. The molecule has 2 heterocycles. The van der Waals surface area contributed by atoms with Gasteiger partial charge in [-0.15, -0.1) is 0 Å². The summed E-state index contributed by atoms with van der Waals surface area (Å²) in [6.45, 7) is 2.88. The first-order valence-electron chi connectivity index (χ1n) is 15.4. The van der Waals surface area contributed by atoms with Crippen LogP contribution in [0, 0.1) is 5.92 Å². The minimum Gasteiger partial charge on any atom is -0.355 e. The topological polar surface area (TPSA) is 87.5 Å². The molecule has 1 N–H and O–H groups in total. The number of halogens is 4. The molecule has 8 nitrogen and oxygen atoms in total. The number of rotatable bonds is 8. The van der Waals surface area contributed by atoms with E-state index in [2.05, 4.69) is 26.1 Å². The number of benzene rings is 3. The van der Waals surface area contributed by atoms with Crippen LogP contribution in [0.4, 0.5) is 19.1 Å². The molecule has 4 aromatic rings. The van der Waals surface area contributed by atoms with E-state index in [4.69, 9.17) is 4.98 Å². The molecule has 47 heavy (non-hydrogen) atoms. The molecule has 0 radical (unpaired) electrons. The molecular formula is C35H33BrF3N5O3. The predicted octanol–water partition coefficient (Wildman–Crippen LogP) is 6.38. The first kappa shape index (κ1) is 32.5. The van der Waals surface area contributed by atoms with Crippen molar-refractivity contribution >= 4 is 33.7 Å². The van der Waals surface area contributed by atoms with E-state index in [0.717, 1.165) is 24.5 Å². The summed E-state index contributed by atoms with van der Waals surface area (Å²) in [6, 6.07) is 19.6. The van der Waals surface area contributed by atoms with Crippen molar-refractivity contribution in [2.24, 2.45) is 5.92 Å². The summed E-state index contributed by atoms with van der Waals surface area (Å²) in [5.41, 5.74) is 1.56. The van der Waals surface area contributed by atoms with Crippen LogP contribution in [-0.4, -0.2) is 45.9 Å². The lowest BCUT2D eigenvalue weighted by Gasteiger charge is -2.36. The van der Waals surface area contributed by atoms with Crippen LogP contribution in [0.1, 0.15) is 62.9 Å². The Kier molecular flexibility index (Phi) is 8.97. The smallest absolute Gasteiger partial charge is 0.355 e. The number of hydrogen-bond donors (Lipinski definition) is 1. The number of aromatic nitrogens is 2. The van der Waals surface area contributed by atoms with Crippen molar-refractivity contribution in [2.45, 2.75) is 51.5 Å². The number of carbonyl (C=O) groups is 2. The van der Waals surface area contributed by atoms with E-state index in [9.17, 15) is 27.6 Å². The largest absolute Gasteiger partial charge is 0.417 e. The van der Waals surface area contributed by atoms with Crippen LogP contribution in [0.3, 0.4) is 0 Å². The zero-order chi connectivity index (χ0) is 33.5. The van der Waals surface area contributed by atoms with Gasteiger partial charge in [-0.05, 0) is 80.1 Å². The van der Waals surface area contributed by atoms with E-state index in [1.54, 1.807) is 42.8 Å². The Hall–Kier alpha value is -4.45. The van der Waals surface area contributed by atoms with E-state index >= 15 is 0 Å². The molecule has 1 aliphatic heterocycles. The summed E-state index contributed by atoms with van der Waals surface area (Å²) >= 11 is 2.94. The standard InChI is InChI=1S/C35H33BrF3N5O3/c1-21-16-27-30(20-43(21)32(46)25-12-15-29(36)28(17-25)35(37,38)39)41-34(42(19-23-8-9-23)18-22-6-4-3-5-7-22)44(33(27)47)26-13-10-24(11-14-26)31(45)40-2/h3-7,10-15,17,21,23H,8-9,16,18-20H2,1-2H3,(H,40,45). The fourth-order valence-corrected chi connectivity index (χ4v) is 6.41. The maximum atomic E-state index is 14.4.